The first-order valence-corrected chi connectivity index (χ1v) is 10.5. The summed E-state index contributed by atoms with van der Waals surface area (Å²) in [6.45, 7) is 3.54. The predicted molar refractivity (Wildman–Crippen MR) is 120 cm³/mol. The molecule has 1 N–H and O–H groups in total. The number of carbonyl (C=O) groups is 1. The van der Waals surface area contributed by atoms with Crippen LogP contribution in [0.4, 0.5) is 11.6 Å². The second-order valence-corrected chi connectivity index (χ2v) is 7.90. The molecule has 0 spiro atoms. The maximum atomic E-state index is 12.7. The Morgan fingerprint density at radius 1 is 1.26 bits per heavy atom. The van der Waals surface area contributed by atoms with Crippen LogP contribution in [0, 0.1) is 12.8 Å². The van der Waals surface area contributed by atoms with Crippen LogP contribution in [0.5, 0.6) is 0 Å². The number of carbonyl (C=O) groups excluding carboxylic acids is 1. The average molecular weight is 418 g/mol. The largest absolute Gasteiger partial charge is 0.339 e. The van der Waals surface area contributed by atoms with Gasteiger partial charge in [-0.05, 0) is 55.9 Å². The number of aromatic nitrogens is 5. The van der Waals surface area contributed by atoms with Gasteiger partial charge < -0.3 is 10.2 Å². The monoisotopic (exact) mass is 417 g/mol. The Labute approximate surface area is 182 Å². The molecule has 160 valence electrons. The number of amides is 1. The molecule has 0 unspecified atom stereocenters. The minimum Gasteiger partial charge on any atom is -0.339 e. The molecule has 0 aromatic carbocycles. The lowest BCUT2D eigenvalue weighted by molar-refractivity contribution is -0.127. The number of nitrogens with zero attached hydrogens (tertiary/aromatic N) is 6. The number of hydrogen-bond acceptors (Lipinski definition) is 6. The highest BCUT2D eigenvalue weighted by Gasteiger charge is 2.23. The van der Waals surface area contributed by atoms with Crippen molar-refractivity contribution >= 4 is 23.6 Å². The van der Waals surface area contributed by atoms with Gasteiger partial charge in [0.1, 0.15) is 18.0 Å². The van der Waals surface area contributed by atoms with Gasteiger partial charge in [-0.1, -0.05) is 6.07 Å². The lowest BCUT2D eigenvalue weighted by atomic mass is 9.93. The lowest BCUT2D eigenvalue weighted by Gasteiger charge is -2.32. The summed E-state index contributed by atoms with van der Waals surface area (Å²) < 4.78 is 1.75. The summed E-state index contributed by atoms with van der Waals surface area (Å²) in [7, 11) is 1.86. The molecule has 1 saturated heterocycles. The van der Waals surface area contributed by atoms with Crippen molar-refractivity contribution < 1.29 is 4.79 Å². The number of likely N-dealkylation sites (tertiary alicyclic amines) is 1. The zero-order valence-corrected chi connectivity index (χ0v) is 17.9. The van der Waals surface area contributed by atoms with Gasteiger partial charge in [0.25, 0.3) is 0 Å². The summed E-state index contributed by atoms with van der Waals surface area (Å²) in [6.07, 6.45) is 11.4. The Balaban J connectivity index is 1.37. The molecule has 8 heteroatoms. The minimum absolute atomic E-state index is 0.0431. The fraction of sp³-hybridized carbons (Fsp3) is 0.348. The van der Waals surface area contributed by atoms with Crippen LogP contribution >= 0.6 is 0 Å². The van der Waals surface area contributed by atoms with Gasteiger partial charge in [0, 0.05) is 50.4 Å². The molecule has 4 rings (SSSR count). The molecule has 8 nitrogen and oxygen atoms in total. The molecule has 1 amide bonds. The van der Waals surface area contributed by atoms with Gasteiger partial charge in [-0.25, -0.2) is 15.0 Å². The highest BCUT2D eigenvalue weighted by molar-refractivity contribution is 5.91. The van der Waals surface area contributed by atoms with E-state index in [9.17, 15) is 4.79 Å². The van der Waals surface area contributed by atoms with Gasteiger partial charge in [0.2, 0.25) is 5.91 Å². The average Bonchev–Trinajstić information content (AvgIpc) is 3.19. The Morgan fingerprint density at radius 3 is 2.97 bits per heavy atom. The maximum absolute atomic E-state index is 12.7. The second-order valence-electron chi connectivity index (χ2n) is 7.90. The Hall–Kier alpha value is -3.55. The third kappa shape index (κ3) is 5.33. The highest BCUT2D eigenvalue weighted by Crippen LogP contribution is 2.22. The lowest BCUT2D eigenvalue weighted by Crippen LogP contribution is -2.39. The molecule has 1 atom stereocenters. The molecule has 0 bridgehead atoms. The number of rotatable bonds is 6. The Kier molecular flexibility index (Phi) is 6.35. The summed E-state index contributed by atoms with van der Waals surface area (Å²) in [5.74, 6) is 1.94. The van der Waals surface area contributed by atoms with Crippen LogP contribution in [-0.2, 0) is 18.3 Å². The Morgan fingerprint density at radius 2 is 2.16 bits per heavy atom. The molecule has 31 heavy (non-hydrogen) atoms. The van der Waals surface area contributed by atoms with Gasteiger partial charge in [0.05, 0.1) is 5.69 Å². The van der Waals surface area contributed by atoms with Crippen molar-refractivity contribution in [1.29, 1.82) is 0 Å². The normalized spacial score (nSPS) is 16.6. The third-order valence-electron chi connectivity index (χ3n) is 5.56. The van der Waals surface area contributed by atoms with E-state index in [0.29, 0.717) is 5.92 Å². The quantitative estimate of drug-likeness (QED) is 0.620. The number of pyridine rings is 1. The van der Waals surface area contributed by atoms with Gasteiger partial charge >= 0.3 is 0 Å². The molecular weight excluding hydrogens is 390 g/mol. The van der Waals surface area contributed by atoms with E-state index in [1.54, 1.807) is 29.5 Å². The smallest absolute Gasteiger partial charge is 0.246 e. The van der Waals surface area contributed by atoms with Gasteiger partial charge in [-0.15, -0.1) is 0 Å². The first-order chi connectivity index (χ1) is 15.1. The summed E-state index contributed by atoms with van der Waals surface area (Å²) in [6, 6.07) is 7.77. The molecule has 1 aliphatic rings. The molecular formula is C23H27N7O. The van der Waals surface area contributed by atoms with Crippen LogP contribution in [-0.4, -0.2) is 48.6 Å². The standard InChI is InChI=1S/C23H27N7O/c1-17-5-3-10-24-23(17)28-21-14-19(25-16-26-21)13-18-6-4-12-30(15-18)22(31)8-7-20-9-11-27-29(20)2/h3,5,7-11,14,16,18H,4,6,12-13,15H2,1-2H3,(H,24,25,26,28)/b8-7+/t18-/m1/s1. The zero-order valence-electron chi connectivity index (χ0n) is 17.9. The van der Waals surface area contributed by atoms with Gasteiger partial charge in [0.15, 0.2) is 0 Å². The molecule has 3 aromatic heterocycles. The molecule has 1 aliphatic heterocycles. The topological polar surface area (TPSA) is 88.8 Å². The van der Waals surface area contributed by atoms with Crippen LogP contribution in [0.3, 0.4) is 0 Å². The van der Waals surface area contributed by atoms with E-state index in [4.69, 9.17) is 0 Å². The fourth-order valence-corrected chi connectivity index (χ4v) is 3.85. The first kappa shape index (κ1) is 20.7. The van der Waals surface area contributed by atoms with E-state index in [0.717, 1.165) is 60.9 Å². The summed E-state index contributed by atoms with van der Waals surface area (Å²) in [5.41, 5.74) is 2.94. The van der Waals surface area contributed by atoms with Crippen molar-refractivity contribution in [2.45, 2.75) is 26.2 Å². The fourth-order valence-electron chi connectivity index (χ4n) is 3.85. The van der Waals surface area contributed by atoms with Crippen molar-refractivity contribution in [2.24, 2.45) is 13.0 Å². The van der Waals surface area contributed by atoms with E-state index in [1.807, 2.05) is 49.2 Å². The number of hydrogen-bond donors (Lipinski definition) is 1. The molecule has 3 aromatic rings. The third-order valence-corrected chi connectivity index (χ3v) is 5.56. The SMILES string of the molecule is Cc1cccnc1Nc1cc(C[C@H]2CCCN(C(=O)/C=C/c3ccnn3C)C2)ncn1. The van der Waals surface area contributed by atoms with E-state index >= 15 is 0 Å². The minimum atomic E-state index is 0.0431. The van der Waals surface area contributed by atoms with Crippen molar-refractivity contribution in [2.75, 3.05) is 18.4 Å². The van der Waals surface area contributed by atoms with E-state index in [1.165, 1.54) is 0 Å². The van der Waals surface area contributed by atoms with Gasteiger partial charge in [-0.2, -0.15) is 5.10 Å². The predicted octanol–water partition coefficient (Wildman–Crippen LogP) is 3.15. The number of piperidine rings is 1. The number of nitrogens with one attached hydrogen (secondary N) is 1. The maximum Gasteiger partial charge on any atom is 0.246 e. The summed E-state index contributed by atoms with van der Waals surface area (Å²) in [5, 5.41) is 7.39. The number of aryl methyl sites for hydroxylation is 2. The van der Waals surface area contributed by atoms with Crippen LogP contribution < -0.4 is 5.32 Å². The Bertz CT molecular complexity index is 1080. The highest BCUT2D eigenvalue weighted by atomic mass is 16.2. The molecule has 0 aliphatic carbocycles. The molecule has 0 saturated carbocycles. The molecule has 0 radical (unpaired) electrons. The van der Waals surface area contributed by atoms with Crippen LogP contribution in [0.15, 0.2) is 49.1 Å². The second kappa shape index (κ2) is 9.51. The zero-order chi connectivity index (χ0) is 21.6. The van der Waals surface area contributed by atoms with E-state index in [2.05, 4.69) is 25.4 Å². The summed E-state index contributed by atoms with van der Waals surface area (Å²) in [4.78, 5) is 27.7. The van der Waals surface area contributed by atoms with Crippen molar-refractivity contribution in [3.05, 3.63) is 66.0 Å². The van der Waals surface area contributed by atoms with Crippen LogP contribution in [0.25, 0.3) is 6.08 Å². The van der Waals surface area contributed by atoms with Crippen LogP contribution in [0.1, 0.15) is 29.8 Å². The van der Waals surface area contributed by atoms with Crippen molar-refractivity contribution in [1.82, 2.24) is 29.6 Å². The number of anilines is 2. The van der Waals surface area contributed by atoms with E-state index < -0.39 is 0 Å². The van der Waals surface area contributed by atoms with E-state index in [-0.39, 0.29) is 5.91 Å². The first-order valence-electron chi connectivity index (χ1n) is 10.5. The van der Waals surface area contributed by atoms with Crippen LogP contribution in [0.2, 0.25) is 0 Å². The van der Waals surface area contributed by atoms with Crippen molar-refractivity contribution in [3.8, 4) is 0 Å². The van der Waals surface area contributed by atoms with Crippen molar-refractivity contribution in [3.63, 3.8) is 0 Å². The van der Waals surface area contributed by atoms with Gasteiger partial charge in [-0.3, -0.25) is 9.48 Å². The molecule has 1 fully saturated rings. The molecule has 4 heterocycles. The summed E-state index contributed by atoms with van der Waals surface area (Å²) >= 11 is 0.